The van der Waals surface area contributed by atoms with Crippen molar-refractivity contribution in [3.63, 3.8) is 0 Å². The molecule has 3 aromatic carbocycles. The average Bonchev–Trinajstić information content (AvgIpc) is 3.15. The SMILES string of the molecule is Cc1c(C(=O)Oc2ccc3c(c2)OC(N)=C(C#N)C3c2ccccc2Cl)oc2ccccc12. The third-order valence-corrected chi connectivity index (χ3v) is 5.99. The molecule has 0 saturated carbocycles. The second kappa shape index (κ2) is 8.05. The molecule has 1 aromatic heterocycles. The number of carbonyl (C=O) groups excluding carboxylic acids is 1. The molecule has 1 aliphatic rings. The van der Waals surface area contributed by atoms with Gasteiger partial charge < -0.3 is 19.6 Å². The van der Waals surface area contributed by atoms with E-state index in [1.54, 1.807) is 30.3 Å². The van der Waals surface area contributed by atoms with Gasteiger partial charge in [-0.05, 0) is 30.7 Å². The van der Waals surface area contributed by atoms with Crippen molar-refractivity contribution in [3.8, 4) is 17.6 Å². The van der Waals surface area contributed by atoms with Gasteiger partial charge in [-0.3, -0.25) is 0 Å². The smallest absolute Gasteiger partial charge is 0.379 e. The van der Waals surface area contributed by atoms with Crippen LogP contribution in [0.4, 0.5) is 0 Å². The fourth-order valence-corrected chi connectivity index (χ4v) is 4.30. The minimum atomic E-state index is -0.622. The molecule has 162 valence electrons. The number of hydrogen-bond acceptors (Lipinski definition) is 6. The Morgan fingerprint density at radius 3 is 2.61 bits per heavy atom. The summed E-state index contributed by atoms with van der Waals surface area (Å²) in [5, 5.41) is 11.1. The van der Waals surface area contributed by atoms with Crippen molar-refractivity contribution in [2.45, 2.75) is 12.8 Å². The zero-order valence-electron chi connectivity index (χ0n) is 17.5. The van der Waals surface area contributed by atoms with Crippen LogP contribution in [-0.2, 0) is 0 Å². The number of ether oxygens (including phenoxy) is 2. The summed E-state index contributed by atoms with van der Waals surface area (Å²) in [6.45, 7) is 1.81. The van der Waals surface area contributed by atoms with E-state index in [2.05, 4.69) is 6.07 Å². The summed E-state index contributed by atoms with van der Waals surface area (Å²) in [6.07, 6.45) is 0. The van der Waals surface area contributed by atoms with Crippen LogP contribution in [0.15, 0.2) is 82.6 Å². The van der Waals surface area contributed by atoms with Crippen LogP contribution >= 0.6 is 11.6 Å². The number of benzene rings is 3. The lowest BCUT2D eigenvalue weighted by atomic mass is 9.83. The summed E-state index contributed by atoms with van der Waals surface area (Å²) in [4.78, 5) is 12.8. The number of nitrogens with two attached hydrogens (primary N) is 1. The van der Waals surface area contributed by atoms with Gasteiger partial charge in [0.05, 0.1) is 5.92 Å². The van der Waals surface area contributed by atoms with Gasteiger partial charge in [-0.1, -0.05) is 54.1 Å². The third-order valence-electron chi connectivity index (χ3n) is 5.65. The highest BCUT2D eigenvalue weighted by Gasteiger charge is 2.32. The first-order valence-electron chi connectivity index (χ1n) is 10.1. The van der Waals surface area contributed by atoms with Gasteiger partial charge in [0.25, 0.3) is 0 Å². The molecule has 2 N–H and O–H groups in total. The number of halogens is 1. The largest absolute Gasteiger partial charge is 0.449 e. The summed E-state index contributed by atoms with van der Waals surface area (Å²) in [7, 11) is 0. The minimum absolute atomic E-state index is 0.0217. The van der Waals surface area contributed by atoms with Crippen molar-refractivity contribution in [3.05, 3.63) is 106 Å². The Labute approximate surface area is 194 Å². The minimum Gasteiger partial charge on any atom is -0.449 e. The zero-order valence-corrected chi connectivity index (χ0v) is 18.2. The Morgan fingerprint density at radius 2 is 1.85 bits per heavy atom. The van der Waals surface area contributed by atoms with Gasteiger partial charge in [0.1, 0.15) is 28.7 Å². The first kappa shape index (κ1) is 20.7. The molecule has 4 aromatic rings. The number of allylic oxidation sites excluding steroid dienone is 1. The normalized spacial score (nSPS) is 15.0. The van der Waals surface area contributed by atoms with Gasteiger partial charge >= 0.3 is 5.97 Å². The number of furan rings is 1. The summed E-state index contributed by atoms with van der Waals surface area (Å²) in [6, 6.07) is 21.7. The van der Waals surface area contributed by atoms with E-state index in [1.807, 2.05) is 43.3 Å². The second-order valence-electron chi connectivity index (χ2n) is 7.59. The highest BCUT2D eigenvalue weighted by atomic mass is 35.5. The van der Waals surface area contributed by atoms with E-state index in [0.717, 1.165) is 10.9 Å². The van der Waals surface area contributed by atoms with E-state index in [-0.39, 0.29) is 23.0 Å². The fourth-order valence-electron chi connectivity index (χ4n) is 4.05. The van der Waals surface area contributed by atoms with Crippen LogP contribution in [0.25, 0.3) is 11.0 Å². The molecule has 0 spiro atoms. The first-order valence-corrected chi connectivity index (χ1v) is 10.5. The monoisotopic (exact) mass is 456 g/mol. The maximum absolute atomic E-state index is 12.8. The first-order chi connectivity index (χ1) is 16.0. The summed E-state index contributed by atoms with van der Waals surface area (Å²) in [5.74, 6) is -0.382. The molecule has 0 bridgehead atoms. The van der Waals surface area contributed by atoms with Gasteiger partial charge in [-0.25, -0.2) is 4.79 Å². The van der Waals surface area contributed by atoms with Crippen LogP contribution in [-0.4, -0.2) is 5.97 Å². The van der Waals surface area contributed by atoms with Crippen molar-refractivity contribution in [2.75, 3.05) is 0 Å². The Morgan fingerprint density at radius 1 is 1.09 bits per heavy atom. The van der Waals surface area contributed by atoms with Gasteiger partial charge in [0.2, 0.25) is 11.6 Å². The maximum atomic E-state index is 12.8. The Kier molecular flexibility index (Phi) is 5.04. The number of nitriles is 1. The third kappa shape index (κ3) is 3.49. The van der Waals surface area contributed by atoms with E-state index in [4.69, 9.17) is 31.2 Å². The molecule has 2 heterocycles. The summed E-state index contributed by atoms with van der Waals surface area (Å²) < 4.78 is 17.0. The Hall–Kier alpha value is -4.21. The second-order valence-corrected chi connectivity index (χ2v) is 8.00. The van der Waals surface area contributed by atoms with E-state index in [1.165, 1.54) is 0 Å². The fraction of sp³-hybridized carbons (Fsp3) is 0.0769. The lowest BCUT2D eigenvalue weighted by Crippen LogP contribution is -2.21. The molecule has 5 rings (SSSR count). The molecule has 0 radical (unpaired) electrons. The lowest BCUT2D eigenvalue weighted by molar-refractivity contribution is 0.0702. The number of hydrogen-bond donors (Lipinski definition) is 1. The van der Waals surface area contributed by atoms with E-state index in [9.17, 15) is 10.1 Å². The van der Waals surface area contributed by atoms with Crippen LogP contribution < -0.4 is 15.2 Å². The van der Waals surface area contributed by atoms with Crippen LogP contribution in [0, 0.1) is 18.3 Å². The van der Waals surface area contributed by atoms with Gasteiger partial charge in [-0.15, -0.1) is 0 Å². The molecule has 0 aliphatic carbocycles. The molecule has 0 amide bonds. The molecule has 0 saturated heterocycles. The van der Waals surface area contributed by atoms with Crippen molar-refractivity contribution in [2.24, 2.45) is 5.73 Å². The zero-order chi connectivity index (χ0) is 23.1. The van der Waals surface area contributed by atoms with E-state index in [0.29, 0.717) is 27.5 Å². The molecule has 0 fully saturated rings. The molecule has 1 atom stereocenters. The molecule has 1 unspecified atom stereocenters. The standard InChI is InChI=1S/C26H17ClN2O4/c1-14-16-6-3-5-9-21(16)32-24(14)26(30)31-15-10-11-18-22(12-15)33-25(29)19(13-28)23(18)17-7-2-4-8-20(17)27/h2-12,23H,29H2,1H3. The van der Waals surface area contributed by atoms with Crippen molar-refractivity contribution in [1.82, 2.24) is 0 Å². The van der Waals surface area contributed by atoms with Gasteiger partial charge in [0, 0.05) is 27.6 Å². The number of carbonyl (C=O) groups is 1. The predicted molar refractivity (Wildman–Crippen MR) is 123 cm³/mol. The number of esters is 1. The van der Waals surface area contributed by atoms with E-state index < -0.39 is 11.9 Å². The van der Waals surface area contributed by atoms with Gasteiger partial charge in [-0.2, -0.15) is 5.26 Å². The molecular formula is C26H17ClN2O4. The quantitative estimate of drug-likeness (QED) is 0.307. The Bertz CT molecular complexity index is 1500. The summed E-state index contributed by atoms with van der Waals surface area (Å²) >= 11 is 6.42. The van der Waals surface area contributed by atoms with Crippen LogP contribution in [0.3, 0.4) is 0 Å². The molecule has 1 aliphatic heterocycles. The van der Waals surface area contributed by atoms with Crippen LogP contribution in [0.1, 0.15) is 33.2 Å². The van der Waals surface area contributed by atoms with E-state index >= 15 is 0 Å². The van der Waals surface area contributed by atoms with Crippen LogP contribution in [0.2, 0.25) is 5.02 Å². The summed E-state index contributed by atoms with van der Waals surface area (Å²) in [5.41, 5.74) is 9.05. The topological polar surface area (TPSA) is 98.5 Å². The number of fused-ring (bicyclic) bond motifs is 2. The van der Waals surface area contributed by atoms with Crippen LogP contribution in [0.5, 0.6) is 11.5 Å². The average molecular weight is 457 g/mol. The number of para-hydroxylation sites is 1. The lowest BCUT2D eigenvalue weighted by Gasteiger charge is -2.27. The number of nitrogens with zero attached hydrogens (tertiary/aromatic N) is 1. The highest BCUT2D eigenvalue weighted by molar-refractivity contribution is 6.31. The number of aryl methyl sites for hydroxylation is 1. The molecular weight excluding hydrogens is 440 g/mol. The van der Waals surface area contributed by atoms with Crippen molar-refractivity contribution in [1.29, 1.82) is 5.26 Å². The molecule has 7 heteroatoms. The number of rotatable bonds is 3. The predicted octanol–water partition coefficient (Wildman–Crippen LogP) is 5.83. The van der Waals surface area contributed by atoms with Gasteiger partial charge in [0.15, 0.2) is 0 Å². The molecule has 33 heavy (non-hydrogen) atoms. The Balaban J connectivity index is 1.51. The van der Waals surface area contributed by atoms with Crippen molar-refractivity contribution >= 4 is 28.5 Å². The molecule has 6 nitrogen and oxygen atoms in total. The van der Waals surface area contributed by atoms with Crippen molar-refractivity contribution < 1.29 is 18.7 Å². The highest BCUT2D eigenvalue weighted by Crippen LogP contribution is 2.45. The maximum Gasteiger partial charge on any atom is 0.379 e.